The van der Waals surface area contributed by atoms with Crippen LogP contribution in [0.3, 0.4) is 0 Å². The zero-order valence-corrected chi connectivity index (χ0v) is 26.2. The van der Waals surface area contributed by atoms with E-state index in [1.165, 1.54) is 38.6 Å². The molecule has 3 rings (SSSR count). The molecule has 2 aromatic rings. The zero-order valence-electron chi connectivity index (χ0n) is 21.2. The molecule has 0 heterocycles. The normalized spacial score (nSPS) is 12.1. The third kappa shape index (κ3) is 9.01. The Labute approximate surface area is 226 Å². The quantitative estimate of drug-likeness (QED) is 0.398. The van der Waals surface area contributed by atoms with Crippen LogP contribution >= 0.6 is 0 Å². The van der Waals surface area contributed by atoms with Gasteiger partial charge in [-0.15, -0.1) is 33.1 Å². The van der Waals surface area contributed by atoms with E-state index >= 15 is 0 Å². The Morgan fingerprint density at radius 1 is 0.839 bits per heavy atom. The number of allylic oxidation sites excluding steroid dienone is 4. The number of nitrogens with one attached hydrogen (secondary N) is 1. The summed E-state index contributed by atoms with van der Waals surface area (Å²) in [6.07, 6.45) is 8.95. The fourth-order valence-electron chi connectivity index (χ4n) is 3.85. The maximum Gasteiger partial charge on any atom is 4.00 e. The first-order valence-electron chi connectivity index (χ1n) is 9.53. The SMILES string of the molecule is CC(C)(C)[NH-].Cc1c(C)c(C)c2c(C)c(C3C=CC=C3)[cH-]c2c1[Si](C)C.[CH3-].[CH3-].[Cl-].[Cl-].[Zr+4]. The van der Waals surface area contributed by atoms with Crippen molar-refractivity contribution >= 4 is 24.8 Å². The Kier molecular flexibility index (Phi) is 18.5. The van der Waals surface area contributed by atoms with Gasteiger partial charge >= 0.3 is 26.2 Å². The average molecular weight is 557 g/mol. The Hall–Kier alpha value is -0.0500. The molecule has 1 aliphatic carbocycles. The molecule has 31 heavy (non-hydrogen) atoms. The first kappa shape index (κ1) is 38.2. The molecule has 0 atom stereocenters. The van der Waals surface area contributed by atoms with E-state index in [0.29, 0.717) is 5.92 Å². The van der Waals surface area contributed by atoms with E-state index in [9.17, 15) is 0 Å². The average Bonchev–Trinajstić information content (AvgIpc) is 3.11. The first-order valence-corrected chi connectivity index (χ1v) is 12.0. The molecule has 0 aromatic heterocycles. The molecule has 1 aliphatic rings. The van der Waals surface area contributed by atoms with Crippen molar-refractivity contribution in [2.45, 2.75) is 73.0 Å². The second-order valence-corrected chi connectivity index (χ2v) is 11.3. The molecule has 0 saturated heterocycles. The number of rotatable bonds is 2. The molecule has 5 heteroatoms. The van der Waals surface area contributed by atoms with Gasteiger partial charge in [0.05, 0.1) is 0 Å². The van der Waals surface area contributed by atoms with Gasteiger partial charge in [-0.25, -0.2) is 0 Å². The van der Waals surface area contributed by atoms with Crippen LogP contribution in [-0.2, 0) is 26.2 Å². The van der Waals surface area contributed by atoms with Gasteiger partial charge in [0, 0.05) is 14.7 Å². The molecule has 0 bridgehead atoms. The van der Waals surface area contributed by atoms with Gasteiger partial charge < -0.3 is 45.4 Å². The third-order valence-corrected chi connectivity index (χ3v) is 6.77. The third-order valence-electron chi connectivity index (χ3n) is 5.13. The standard InChI is InChI=1S/C20H24Si.C4H10N.2CH3.2ClH.Zr/c1-12-13(2)19-15(4)17(16-9-7-8-10-16)11-18(19)20(14(12)3)21(5)6;1-4(2,3)5;;;;;/h7-11,16H,1-6H3;5H,1-3H3;2*1H3;2*1H;/q4*-1;;;+4/p-2. The summed E-state index contributed by atoms with van der Waals surface area (Å²) < 4.78 is 0. The van der Waals surface area contributed by atoms with E-state index in [1.54, 1.807) is 5.19 Å². The van der Waals surface area contributed by atoms with Crippen LogP contribution in [0.25, 0.3) is 16.5 Å². The van der Waals surface area contributed by atoms with Crippen LogP contribution in [0.1, 0.15) is 54.5 Å². The van der Waals surface area contributed by atoms with Gasteiger partial charge in [-0.2, -0.15) is 5.56 Å². The molecule has 0 unspecified atom stereocenters. The van der Waals surface area contributed by atoms with Crippen molar-refractivity contribution in [2.24, 2.45) is 0 Å². The second-order valence-electron chi connectivity index (χ2n) is 8.81. The van der Waals surface area contributed by atoms with Crippen LogP contribution in [0.5, 0.6) is 0 Å². The Morgan fingerprint density at radius 2 is 1.26 bits per heavy atom. The molecular formula is C26H40Cl2NSiZr-2. The van der Waals surface area contributed by atoms with Gasteiger partial charge in [0.25, 0.3) is 0 Å². The van der Waals surface area contributed by atoms with Crippen molar-refractivity contribution < 1.29 is 51.0 Å². The van der Waals surface area contributed by atoms with Crippen LogP contribution in [0.4, 0.5) is 0 Å². The fraction of sp³-hybridized carbons (Fsp3) is 0.423. The summed E-state index contributed by atoms with van der Waals surface area (Å²) in [5, 5.41) is 4.68. The van der Waals surface area contributed by atoms with Crippen LogP contribution in [0.2, 0.25) is 13.1 Å². The Balaban J connectivity index is -0.000000331. The van der Waals surface area contributed by atoms with Crippen LogP contribution in [0, 0.1) is 42.5 Å². The minimum absolute atomic E-state index is 0. The second kappa shape index (κ2) is 15.0. The van der Waals surface area contributed by atoms with Gasteiger partial charge in [0.2, 0.25) is 0 Å². The zero-order chi connectivity index (χ0) is 19.8. The number of aryl methyl sites for hydroxylation is 2. The van der Waals surface area contributed by atoms with E-state index in [4.69, 9.17) is 5.73 Å². The maximum absolute atomic E-state index is 6.94. The van der Waals surface area contributed by atoms with Gasteiger partial charge in [-0.05, 0) is 20.8 Å². The van der Waals surface area contributed by atoms with E-state index in [-0.39, 0.29) is 71.4 Å². The van der Waals surface area contributed by atoms with Gasteiger partial charge in [-0.3, -0.25) is 0 Å². The number of hydrogen-bond acceptors (Lipinski definition) is 0. The summed E-state index contributed by atoms with van der Waals surface area (Å²) in [7, 11) is -0.468. The van der Waals surface area contributed by atoms with Crippen molar-refractivity contribution in [1.82, 2.24) is 0 Å². The molecule has 0 spiro atoms. The number of benzene rings is 1. The van der Waals surface area contributed by atoms with E-state index in [2.05, 4.69) is 71.2 Å². The van der Waals surface area contributed by atoms with Crippen molar-refractivity contribution in [3.63, 3.8) is 0 Å². The summed E-state index contributed by atoms with van der Waals surface area (Å²) in [5.74, 6) is 0.467. The molecular weight excluding hydrogens is 517 g/mol. The van der Waals surface area contributed by atoms with Gasteiger partial charge in [0.15, 0.2) is 0 Å². The minimum atomic E-state index is -0.468. The Bertz CT molecular complexity index is 856. The van der Waals surface area contributed by atoms with Gasteiger partial charge in [0.1, 0.15) is 0 Å². The molecule has 1 radical (unpaired) electrons. The topological polar surface area (TPSA) is 23.8 Å². The van der Waals surface area contributed by atoms with Crippen LogP contribution in [0.15, 0.2) is 30.4 Å². The monoisotopic (exact) mass is 554 g/mol. The summed E-state index contributed by atoms with van der Waals surface area (Å²) in [6.45, 7) is 19.6. The first-order chi connectivity index (χ1) is 11.9. The molecule has 1 N–H and O–H groups in total. The Morgan fingerprint density at radius 3 is 1.65 bits per heavy atom. The molecule has 0 fully saturated rings. The number of fused-ring (bicyclic) bond motifs is 1. The van der Waals surface area contributed by atoms with Crippen LogP contribution in [-0.4, -0.2) is 14.3 Å². The molecule has 0 saturated carbocycles. The van der Waals surface area contributed by atoms with E-state index < -0.39 is 8.80 Å². The van der Waals surface area contributed by atoms with E-state index in [1.807, 2.05) is 20.8 Å². The fourth-order valence-corrected chi connectivity index (χ4v) is 5.52. The smallest absolute Gasteiger partial charge is 1.00 e. The number of halogens is 2. The summed E-state index contributed by atoms with van der Waals surface area (Å²) >= 11 is 0. The largest absolute Gasteiger partial charge is 4.00 e. The molecule has 2 aromatic carbocycles. The molecule has 0 aliphatic heterocycles. The van der Waals surface area contributed by atoms with E-state index in [0.717, 1.165) is 0 Å². The summed E-state index contributed by atoms with van der Waals surface area (Å²) in [5.41, 5.74) is 14.1. The summed E-state index contributed by atoms with van der Waals surface area (Å²) in [6, 6.07) is 2.47. The maximum atomic E-state index is 6.94. The van der Waals surface area contributed by atoms with Crippen molar-refractivity contribution in [1.29, 1.82) is 0 Å². The predicted octanol–water partition coefficient (Wildman–Crippen LogP) is 1.71. The molecule has 1 nitrogen and oxygen atoms in total. The van der Waals surface area contributed by atoms with Crippen molar-refractivity contribution in [3.05, 3.63) is 78.8 Å². The van der Waals surface area contributed by atoms with Crippen LogP contribution < -0.4 is 30.0 Å². The molecule has 173 valence electrons. The van der Waals surface area contributed by atoms with Crippen molar-refractivity contribution in [3.8, 4) is 0 Å². The minimum Gasteiger partial charge on any atom is -1.00 e. The van der Waals surface area contributed by atoms with Gasteiger partial charge in [-0.1, -0.05) is 81.8 Å². The summed E-state index contributed by atoms with van der Waals surface area (Å²) in [4.78, 5) is 0. The predicted molar refractivity (Wildman–Crippen MR) is 134 cm³/mol. The molecule has 0 amide bonds. The van der Waals surface area contributed by atoms with Crippen molar-refractivity contribution in [2.75, 3.05) is 0 Å². The number of hydrogen-bond donors (Lipinski definition) is 0.